The normalized spacial score (nSPS) is 22.9. The Kier molecular flexibility index (Phi) is 10.5. The van der Waals surface area contributed by atoms with Crippen molar-refractivity contribution in [1.82, 2.24) is 0 Å². The molecule has 1 aliphatic rings. The van der Waals surface area contributed by atoms with E-state index in [1.807, 2.05) is 84.9 Å². The minimum Gasteiger partial charge on any atom is -0.497 e. The lowest BCUT2D eigenvalue weighted by molar-refractivity contribution is -0.280. The fourth-order valence-corrected chi connectivity index (χ4v) is 4.34. The van der Waals surface area contributed by atoms with Gasteiger partial charge in [0.2, 0.25) is 0 Å². The van der Waals surface area contributed by atoms with Crippen molar-refractivity contribution in [1.29, 1.82) is 0 Å². The molecule has 9 heteroatoms. The Morgan fingerprint density at radius 1 is 0.763 bits per heavy atom. The maximum atomic E-state index is 9.33. The number of ether oxygens (including phenoxy) is 6. The topological polar surface area (TPSA) is 104 Å². The lowest BCUT2D eigenvalue weighted by atomic mass is 9.96. The summed E-state index contributed by atoms with van der Waals surface area (Å²) in [7, 11) is 3.14. The van der Waals surface area contributed by atoms with Crippen molar-refractivity contribution in [3.05, 3.63) is 112 Å². The van der Waals surface area contributed by atoms with E-state index in [-0.39, 0.29) is 6.61 Å². The molecule has 0 bridgehead atoms. The van der Waals surface area contributed by atoms with Crippen LogP contribution >= 0.6 is 0 Å². The van der Waals surface area contributed by atoms with Gasteiger partial charge in [-0.05, 0) is 34.4 Å². The summed E-state index contributed by atoms with van der Waals surface area (Å²) in [4.78, 5) is 3.05. The standard InChI is InChI=1S/C29H33N3O6/c1-33-24-15-13-23(14-16-24)19-36-27-25(20-35-17-21-9-5-3-6-10-21)38-29(34-2)26(31-32-30)28(27)37-18-22-11-7-4-8-12-22/h3-16,25-29H,17-20H2,1-2H3/t25?,26?,27-,28+,29+/m0/s1. The van der Waals surface area contributed by atoms with Gasteiger partial charge in [0.1, 0.15) is 30.1 Å². The van der Waals surface area contributed by atoms with E-state index in [0.717, 1.165) is 22.4 Å². The molecular weight excluding hydrogens is 486 g/mol. The summed E-state index contributed by atoms with van der Waals surface area (Å²) in [6, 6.07) is 26.6. The molecule has 0 aliphatic carbocycles. The smallest absolute Gasteiger partial charge is 0.168 e. The van der Waals surface area contributed by atoms with Gasteiger partial charge in [-0.3, -0.25) is 0 Å². The average Bonchev–Trinajstić information content (AvgIpc) is 2.97. The average molecular weight is 520 g/mol. The molecule has 0 amide bonds. The molecule has 0 aromatic heterocycles. The highest BCUT2D eigenvalue weighted by Crippen LogP contribution is 2.31. The zero-order valence-electron chi connectivity index (χ0n) is 21.6. The molecule has 2 unspecified atom stereocenters. The number of methoxy groups -OCH3 is 2. The van der Waals surface area contributed by atoms with Gasteiger partial charge in [-0.15, -0.1) is 0 Å². The lowest BCUT2D eigenvalue weighted by Gasteiger charge is -2.44. The van der Waals surface area contributed by atoms with E-state index in [0.29, 0.717) is 19.8 Å². The third kappa shape index (κ3) is 7.55. The molecule has 1 fully saturated rings. The summed E-state index contributed by atoms with van der Waals surface area (Å²) in [6.07, 6.45) is -2.60. The van der Waals surface area contributed by atoms with E-state index < -0.39 is 30.6 Å². The van der Waals surface area contributed by atoms with Gasteiger partial charge in [0.15, 0.2) is 6.29 Å². The summed E-state index contributed by atoms with van der Waals surface area (Å²) in [5, 5.41) is 3.99. The summed E-state index contributed by atoms with van der Waals surface area (Å²) < 4.78 is 35.9. The molecule has 0 N–H and O–H groups in total. The van der Waals surface area contributed by atoms with Crippen molar-refractivity contribution < 1.29 is 28.4 Å². The molecule has 0 spiro atoms. The second-order valence-electron chi connectivity index (χ2n) is 8.86. The van der Waals surface area contributed by atoms with Crippen LogP contribution in [0.2, 0.25) is 0 Å². The molecule has 4 rings (SSSR count). The van der Waals surface area contributed by atoms with Crippen LogP contribution in [0, 0.1) is 0 Å². The van der Waals surface area contributed by atoms with E-state index in [1.165, 1.54) is 7.11 Å². The Bertz CT molecular complexity index is 1140. The first-order valence-corrected chi connectivity index (χ1v) is 12.5. The molecular formula is C29H33N3O6. The number of hydrogen-bond donors (Lipinski definition) is 0. The first-order chi connectivity index (χ1) is 18.7. The Balaban J connectivity index is 1.55. The van der Waals surface area contributed by atoms with E-state index >= 15 is 0 Å². The van der Waals surface area contributed by atoms with Gasteiger partial charge in [0.05, 0.1) is 33.5 Å². The molecule has 9 nitrogen and oxygen atoms in total. The van der Waals surface area contributed by atoms with Gasteiger partial charge < -0.3 is 28.4 Å². The van der Waals surface area contributed by atoms with Crippen LogP contribution in [0.15, 0.2) is 90.0 Å². The van der Waals surface area contributed by atoms with Crippen LogP contribution in [0.1, 0.15) is 16.7 Å². The van der Waals surface area contributed by atoms with Crippen LogP contribution in [-0.4, -0.2) is 51.5 Å². The Morgan fingerprint density at radius 2 is 1.34 bits per heavy atom. The first-order valence-electron chi connectivity index (χ1n) is 12.5. The zero-order chi connectivity index (χ0) is 26.6. The fourth-order valence-electron chi connectivity index (χ4n) is 4.34. The number of rotatable bonds is 13. The van der Waals surface area contributed by atoms with Gasteiger partial charge in [0.25, 0.3) is 0 Å². The predicted molar refractivity (Wildman–Crippen MR) is 141 cm³/mol. The maximum Gasteiger partial charge on any atom is 0.168 e. The van der Waals surface area contributed by atoms with Crippen molar-refractivity contribution in [3.63, 3.8) is 0 Å². The van der Waals surface area contributed by atoms with Crippen LogP contribution < -0.4 is 4.74 Å². The molecule has 3 aromatic rings. The van der Waals surface area contributed by atoms with E-state index in [2.05, 4.69) is 10.0 Å². The quantitative estimate of drug-likeness (QED) is 0.169. The molecule has 38 heavy (non-hydrogen) atoms. The SMILES string of the molecule is COc1ccc(CO[C@H]2C(COCc3ccccc3)O[C@@H](OC)C(N=[N+]=[N-])[C@H]2OCc2ccccc2)cc1. The molecule has 1 heterocycles. The van der Waals surface area contributed by atoms with Gasteiger partial charge >= 0.3 is 0 Å². The highest BCUT2D eigenvalue weighted by Gasteiger charge is 2.47. The van der Waals surface area contributed by atoms with Crippen molar-refractivity contribution in [2.45, 2.75) is 50.5 Å². The van der Waals surface area contributed by atoms with Crippen LogP contribution in [0.3, 0.4) is 0 Å². The van der Waals surface area contributed by atoms with Crippen molar-refractivity contribution >= 4 is 0 Å². The highest BCUT2D eigenvalue weighted by atomic mass is 16.7. The molecule has 0 radical (unpaired) electrons. The van der Waals surface area contributed by atoms with E-state index in [9.17, 15) is 5.53 Å². The first kappa shape index (κ1) is 27.6. The zero-order valence-corrected chi connectivity index (χ0v) is 21.6. The Hall–Kier alpha value is -3.43. The van der Waals surface area contributed by atoms with E-state index in [1.54, 1.807) is 7.11 Å². The second-order valence-corrected chi connectivity index (χ2v) is 8.86. The molecule has 0 saturated carbocycles. The third-order valence-corrected chi connectivity index (χ3v) is 6.31. The monoisotopic (exact) mass is 519 g/mol. The molecule has 200 valence electrons. The number of benzene rings is 3. The molecule has 1 aliphatic heterocycles. The highest BCUT2D eigenvalue weighted by molar-refractivity contribution is 5.26. The molecule has 5 atom stereocenters. The summed E-state index contributed by atoms with van der Waals surface area (Å²) >= 11 is 0. The predicted octanol–water partition coefficient (Wildman–Crippen LogP) is 5.43. The molecule has 1 saturated heterocycles. The summed E-state index contributed by atoms with van der Waals surface area (Å²) in [5.74, 6) is 0.761. The van der Waals surface area contributed by atoms with Crippen LogP contribution in [-0.2, 0) is 43.5 Å². The number of nitrogens with zero attached hydrogens (tertiary/aromatic N) is 3. The van der Waals surface area contributed by atoms with Crippen molar-refractivity contribution in [3.8, 4) is 5.75 Å². The minimum absolute atomic E-state index is 0.232. The fraction of sp³-hybridized carbons (Fsp3) is 0.379. The molecule has 3 aromatic carbocycles. The minimum atomic E-state index is -0.821. The Morgan fingerprint density at radius 3 is 1.92 bits per heavy atom. The number of hydrogen-bond acceptors (Lipinski definition) is 7. The summed E-state index contributed by atoms with van der Waals surface area (Å²) in [6.45, 7) is 1.24. The number of azide groups is 1. The van der Waals surface area contributed by atoms with Crippen LogP contribution in [0.25, 0.3) is 10.4 Å². The van der Waals surface area contributed by atoms with Crippen LogP contribution in [0.4, 0.5) is 0 Å². The lowest BCUT2D eigenvalue weighted by Crippen LogP contribution is -2.60. The van der Waals surface area contributed by atoms with Gasteiger partial charge in [-0.25, -0.2) is 0 Å². The van der Waals surface area contributed by atoms with Crippen LogP contribution in [0.5, 0.6) is 5.75 Å². The second kappa shape index (κ2) is 14.5. The maximum absolute atomic E-state index is 9.33. The largest absolute Gasteiger partial charge is 0.497 e. The van der Waals surface area contributed by atoms with Gasteiger partial charge in [-0.2, -0.15) is 0 Å². The third-order valence-electron chi connectivity index (χ3n) is 6.31. The van der Waals surface area contributed by atoms with Gasteiger partial charge in [-0.1, -0.05) is 77.9 Å². The Labute approximate surface area is 222 Å². The summed E-state index contributed by atoms with van der Waals surface area (Å²) in [5.41, 5.74) is 12.3. The van der Waals surface area contributed by atoms with Crippen molar-refractivity contribution in [2.24, 2.45) is 5.11 Å². The van der Waals surface area contributed by atoms with Gasteiger partial charge in [0, 0.05) is 12.0 Å². The van der Waals surface area contributed by atoms with Crippen molar-refractivity contribution in [2.75, 3.05) is 20.8 Å². The van der Waals surface area contributed by atoms with E-state index in [4.69, 9.17) is 28.4 Å².